The predicted octanol–water partition coefficient (Wildman–Crippen LogP) is 5.96. The van der Waals surface area contributed by atoms with Crippen LogP contribution in [0.25, 0.3) is 11.1 Å². The van der Waals surface area contributed by atoms with Gasteiger partial charge in [-0.15, -0.1) is 0 Å². The minimum absolute atomic E-state index is 0.0520. The second-order valence-electron chi connectivity index (χ2n) is 6.81. The molecule has 1 heterocycles. The highest BCUT2D eigenvalue weighted by Crippen LogP contribution is 3.02. The first-order valence-electron chi connectivity index (χ1n) is 8.82. The van der Waals surface area contributed by atoms with E-state index in [1.165, 1.54) is 13.2 Å². The first-order chi connectivity index (χ1) is 14.2. The monoisotopic (exact) mass is 460 g/mol. The van der Waals surface area contributed by atoms with E-state index < -0.39 is 21.1 Å². The van der Waals surface area contributed by atoms with E-state index in [1.807, 2.05) is 6.07 Å². The Labute approximate surface area is 174 Å². The molecule has 0 bridgehead atoms. The van der Waals surface area contributed by atoms with Gasteiger partial charge in [0.2, 0.25) is 0 Å². The summed E-state index contributed by atoms with van der Waals surface area (Å²) in [6.07, 6.45) is 0.377. The van der Waals surface area contributed by atoms with E-state index in [2.05, 4.69) is 16.6 Å². The molecular formula is C20H17F5N2O3S. The zero-order valence-corrected chi connectivity index (χ0v) is 17.0. The fourth-order valence-electron chi connectivity index (χ4n) is 3.17. The van der Waals surface area contributed by atoms with E-state index in [0.29, 0.717) is 41.1 Å². The van der Waals surface area contributed by atoms with Gasteiger partial charge < -0.3 is 14.8 Å². The van der Waals surface area contributed by atoms with Crippen molar-refractivity contribution in [2.24, 2.45) is 0 Å². The summed E-state index contributed by atoms with van der Waals surface area (Å²) in [6.45, 7) is 3.77. The Morgan fingerprint density at radius 1 is 1.26 bits per heavy atom. The lowest BCUT2D eigenvalue weighted by Crippen LogP contribution is -2.14. The van der Waals surface area contributed by atoms with Gasteiger partial charge >= 0.3 is 16.2 Å². The number of carbonyl (C=O) groups excluding carboxylic acids is 1. The van der Waals surface area contributed by atoms with E-state index in [-0.39, 0.29) is 29.9 Å². The SMILES string of the molecule is C=C(CNc1cc(-c2ccc(S(F)(F)(F)(F)F)cc2)c2c(c1C#N)CCO2)C(=O)OC. The Bertz CT molecular complexity index is 1120. The van der Waals surface area contributed by atoms with Crippen molar-refractivity contribution in [3.63, 3.8) is 0 Å². The van der Waals surface area contributed by atoms with Crippen LogP contribution in [0.1, 0.15) is 11.1 Å². The quantitative estimate of drug-likeness (QED) is 0.327. The Kier molecular flexibility index (Phi) is 4.98. The Morgan fingerprint density at radius 2 is 1.90 bits per heavy atom. The molecule has 0 unspecified atom stereocenters. The molecule has 2 aromatic carbocycles. The molecule has 31 heavy (non-hydrogen) atoms. The number of carbonyl (C=O) groups is 1. The molecule has 5 nitrogen and oxygen atoms in total. The van der Waals surface area contributed by atoms with Crippen LogP contribution in [-0.4, -0.2) is 26.2 Å². The number of anilines is 1. The summed E-state index contributed by atoms with van der Waals surface area (Å²) in [4.78, 5) is 9.53. The first kappa shape index (κ1) is 22.4. The topological polar surface area (TPSA) is 71.3 Å². The van der Waals surface area contributed by atoms with Gasteiger partial charge in [0.05, 0.1) is 25.0 Å². The summed E-state index contributed by atoms with van der Waals surface area (Å²) in [6, 6.07) is 6.00. The van der Waals surface area contributed by atoms with Crippen LogP contribution in [0.2, 0.25) is 0 Å². The van der Waals surface area contributed by atoms with Crippen molar-refractivity contribution in [3.8, 4) is 22.9 Å². The van der Waals surface area contributed by atoms with Crippen LogP contribution >= 0.6 is 10.2 Å². The summed E-state index contributed by atoms with van der Waals surface area (Å²) in [5.41, 5.74) is 1.68. The fourth-order valence-corrected chi connectivity index (χ4v) is 3.82. The van der Waals surface area contributed by atoms with E-state index in [4.69, 9.17) is 4.74 Å². The lowest BCUT2D eigenvalue weighted by molar-refractivity contribution is -0.136. The van der Waals surface area contributed by atoms with Crippen molar-refractivity contribution in [1.29, 1.82) is 5.26 Å². The number of esters is 1. The van der Waals surface area contributed by atoms with Gasteiger partial charge in [-0.1, -0.05) is 38.1 Å². The average Bonchev–Trinajstić information content (AvgIpc) is 3.18. The molecule has 0 spiro atoms. The number of ether oxygens (including phenoxy) is 2. The van der Waals surface area contributed by atoms with Crippen LogP contribution in [-0.2, 0) is 16.0 Å². The molecule has 0 amide bonds. The third-order valence-electron chi connectivity index (χ3n) is 4.67. The highest BCUT2D eigenvalue weighted by molar-refractivity contribution is 8.45. The van der Waals surface area contributed by atoms with Crippen LogP contribution in [0.15, 0.2) is 47.4 Å². The smallest absolute Gasteiger partial charge is 0.334 e. The summed E-state index contributed by atoms with van der Waals surface area (Å²) in [7, 11) is -8.61. The molecule has 166 valence electrons. The standard InChI is InChI=1S/C20H17F5N2O3S/c1-12(20(28)29-2)11-27-18-9-16(19-15(7-8-30-19)17(18)10-26)13-3-5-14(6-4-13)31(21,22,23,24)25/h3-6,9,27H,1,7-8,11H2,2H3. The van der Waals surface area contributed by atoms with Crippen LogP contribution in [0.5, 0.6) is 5.75 Å². The summed E-state index contributed by atoms with van der Waals surface area (Å²) in [5, 5.41) is 12.5. The summed E-state index contributed by atoms with van der Waals surface area (Å²) in [5.74, 6) is -0.351. The normalized spacial score (nSPS) is 15.0. The van der Waals surface area contributed by atoms with Gasteiger partial charge in [-0.25, -0.2) is 4.79 Å². The lowest BCUT2D eigenvalue weighted by atomic mass is 9.95. The van der Waals surface area contributed by atoms with Gasteiger partial charge in [-0.2, -0.15) is 5.26 Å². The van der Waals surface area contributed by atoms with Gasteiger partial charge in [0.1, 0.15) is 16.7 Å². The maximum absolute atomic E-state index is 13.0. The molecule has 0 saturated carbocycles. The molecule has 1 aliphatic heterocycles. The average molecular weight is 460 g/mol. The minimum Gasteiger partial charge on any atom is -0.492 e. The molecule has 0 radical (unpaired) electrons. The van der Waals surface area contributed by atoms with Crippen LogP contribution in [0.4, 0.5) is 25.1 Å². The highest BCUT2D eigenvalue weighted by atomic mass is 32.5. The fraction of sp³-hybridized carbons (Fsp3) is 0.200. The second-order valence-corrected chi connectivity index (χ2v) is 9.22. The van der Waals surface area contributed by atoms with Crippen LogP contribution < -0.4 is 10.1 Å². The third-order valence-corrected chi connectivity index (χ3v) is 5.83. The van der Waals surface area contributed by atoms with Crippen LogP contribution in [0, 0.1) is 11.3 Å². The minimum atomic E-state index is -9.80. The zero-order chi connectivity index (χ0) is 23.1. The third kappa shape index (κ3) is 4.59. The van der Waals surface area contributed by atoms with Crippen molar-refractivity contribution in [1.82, 2.24) is 0 Å². The summed E-state index contributed by atoms with van der Waals surface area (Å²) >= 11 is 0. The van der Waals surface area contributed by atoms with Crippen molar-refractivity contribution < 1.29 is 33.7 Å². The van der Waals surface area contributed by atoms with Gasteiger partial charge in [0.25, 0.3) is 0 Å². The summed E-state index contributed by atoms with van der Waals surface area (Å²) < 4.78 is 75.2. The molecular weight excluding hydrogens is 443 g/mol. The van der Waals surface area contributed by atoms with Gasteiger partial charge in [0, 0.05) is 29.7 Å². The van der Waals surface area contributed by atoms with Gasteiger partial charge in [-0.05, 0) is 23.8 Å². The molecule has 0 saturated heterocycles. The molecule has 0 aromatic heterocycles. The first-order valence-corrected chi connectivity index (χ1v) is 10.8. The molecule has 1 aliphatic rings. The van der Waals surface area contributed by atoms with Crippen molar-refractivity contribution in [2.75, 3.05) is 25.6 Å². The molecule has 0 fully saturated rings. The van der Waals surface area contributed by atoms with E-state index in [0.717, 1.165) is 12.1 Å². The largest absolute Gasteiger partial charge is 0.492 e. The number of methoxy groups -OCH3 is 1. The maximum atomic E-state index is 13.0. The number of hydrogen-bond donors (Lipinski definition) is 1. The van der Waals surface area contributed by atoms with Gasteiger partial charge in [-0.3, -0.25) is 0 Å². The van der Waals surface area contributed by atoms with Crippen LogP contribution in [0.3, 0.4) is 0 Å². The number of halogens is 5. The Balaban J connectivity index is 2.06. The zero-order valence-electron chi connectivity index (χ0n) is 16.2. The highest BCUT2D eigenvalue weighted by Gasteiger charge is 2.65. The lowest BCUT2D eigenvalue weighted by Gasteiger charge is -2.40. The molecule has 2 aromatic rings. The number of nitrogens with zero attached hydrogens (tertiary/aromatic N) is 1. The number of nitriles is 1. The number of rotatable bonds is 6. The maximum Gasteiger partial charge on any atom is 0.334 e. The Hall–Kier alpha value is -3.26. The number of benzene rings is 2. The number of nitrogens with one attached hydrogen (secondary N) is 1. The molecule has 0 aliphatic carbocycles. The van der Waals surface area contributed by atoms with E-state index in [1.54, 1.807) is 0 Å². The van der Waals surface area contributed by atoms with Gasteiger partial charge in [0.15, 0.2) is 0 Å². The van der Waals surface area contributed by atoms with Crippen molar-refractivity contribution >= 4 is 21.9 Å². The molecule has 11 heteroatoms. The van der Waals surface area contributed by atoms with Crippen molar-refractivity contribution in [3.05, 3.63) is 53.6 Å². The van der Waals surface area contributed by atoms with Crippen molar-refractivity contribution in [2.45, 2.75) is 11.3 Å². The second kappa shape index (κ2) is 6.88. The number of fused-ring (bicyclic) bond motifs is 1. The molecule has 0 atom stereocenters. The predicted molar refractivity (Wildman–Crippen MR) is 107 cm³/mol. The molecule has 1 N–H and O–H groups in total. The number of hydrogen-bond acceptors (Lipinski definition) is 5. The Morgan fingerprint density at radius 3 is 2.45 bits per heavy atom. The molecule has 3 rings (SSSR count). The van der Waals surface area contributed by atoms with E-state index >= 15 is 0 Å². The van der Waals surface area contributed by atoms with E-state index in [9.17, 15) is 29.5 Å².